The first kappa shape index (κ1) is 20.3. The Hall–Kier alpha value is -2.48. The number of ether oxygens (including phenoxy) is 4. The third kappa shape index (κ3) is 3.87. The summed E-state index contributed by atoms with van der Waals surface area (Å²) in [5, 5.41) is 0. The van der Waals surface area contributed by atoms with Crippen molar-refractivity contribution in [3.05, 3.63) is 12.1 Å². The van der Waals surface area contributed by atoms with Gasteiger partial charge in [0.2, 0.25) is 17.6 Å². The summed E-state index contributed by atoms with van der Waals surface area (Å²) in [5.74, 6) is 0.936. The van der Waals surface area contributed by atoms with Gasteiger partial charge < -0.3 is 28.7 Å². The first-order valence-corrected chi connectivity index (χ1v) is 9.42. The van der Waals surface area contributed by atoms with Crippen LogP contribution in [0.15, 0.2) is 12.1 Å². The molecule has 28 heavy (non-hydrogen) atoms. The Morgan fingerprint density at radius 3 is 2.07 bits per heavy atom. The second-order valence-corrected chi connectivity index (χ2v) is 7.29. The summed E-state index contributed by atoms with van der Waals surface area (Å²) in [6.45, 7) is 5.35. The van der Waals surface area contributed by atoms with Gasteiger partial charge in [0.25, 0.3) is 0 Å². The molecule has 1 aromatic carbocycles. The predicted octanol–water partition coefficient (Wildman–Crippen LogP) is 1.70. The molecule has 3 atom stereocenters. The molecule has 0 N–H and O–H groups in total. The van der Waals surface area contributed by atoms with E-state index in [0.29, 0.717) is 42.6 Å². The first-order valence-electron chi connectivity index (χ1n) is 9.42. The monoisotopic (exact) mass is 392 g/mol. The number of carbonyl (C=O) groups excluding carboxylic acids is 2. The van der Waals surface area contributed by atoms with Crippen LogP contribution in [0.25, 0.3) is 0 Å². The molecular formula is C20H28N2O6. The molecule has 8 heteroatoms. The van der Waals surface area contributed by atoms with Crippen LogP contribution in [0, 0.1) is 5.92 Å². The molecule has 3 rings (SSSR count). The topological polar surface area (TPSA) is 77.5 Å². The maximum atomic E-state index is 13.0. The summed E-state index contributed by atoms with van der Waals surface area (Å²) < 4.78 is 21.8. The highest BCUT2D eigenvalue weighted by molar-refractivity contribution is 6.00. The zero-order valence-corrected chi connectivity index (χ0v) is 17.1. The van der Waals surface area contributed by atoms with Crippen molar-refractivity contribution >= 4 is 17.5 Å². The summed E-state index contributed by atoms with van der Waals surface area (Å²) in [4.78, 5) is 29.1. The number of nitrogens with zero attached hydrogens (tertiary/aromatic N) is 2. The van der Waals surface area contributed by atoms with E-state index in [1.165, 1.54) is 21.3 Å². The largest absolute Gasteiger partial charge is 0.493 e. The molecule has 0 aliphatic carbocycles. The molecule has 154 valence electrons. The molecule has 0 bridgehead atoms. The van der Waals surface area contributed by atoms with Gasteiger partial charge >= 0.3 is 0 Å². The number of methoxy groups -OCH3 is 3. The van der Waals surface area contributed by atoms with Gasteiger partial charge in [-0.05, 0) is 13.8 Å². The third-order valence-electron chi connectivity index (χ3n) is 5.17. The minimum absolute atomic E-state index is 0.00369. The summed E-state index contributed by atoms with van der Waals surface area (Å²) in [5.41, 5.74) is 0.624. The Bertz CT molecular complexity index is 717. The molecule has 1 aromatic rings. The molecule has 3 unspecified atom stereocenters. The van der Waals surface area contributed by atoms with E-state index >= 15 is 0 Å². The third-order valence-corrected chi connectivity index (χ3v) is 5.17. The van der Waals surface area contributed by atoms with Crippen molar-refractivity contribution in [2.45, 2.75) is 32.5 Å². The van der Waals surface area contributed by atoms with E-state index in [0.717, 1.165) is 0 Å². The van der Waals surface area contributed by atoms with E-state index in [4.69, 9.17) is 18.9 Å². The van der Waals surface area contributed by atoms with E-state index in [2.05, 4.69) is 0 Å². The van der Waals surface area contributed by atoms with Crippen LogP contribution in [0.4, 0.5) is 5.69 Å². The second-order valence-electron chi connectivity index (χ2n) is 7.29. The van der Waals surface area contributed by atoms with Gasteiger partial charge in [0.15, 0.2) is 11.5 Å². The van der Waals surface area contributed by atoms with Crippen molar-refractivity contribution in [1.29, 1.82) is 0 Å². The van der Waals surface area contributed by atoms with Crippen molar-refractivity contribution < 1.29 is 28.5 Å². The van der Waals surface area contributed by atoms with Gasteiger partial charge in [0.05, 0.1) is 45.1 Å². The number of rotatable bonds is 5. The Morgan fingerprint density at radius 1 is 1.00 bits per heavy atom. The van der Waals surface area contributed by atoms with Gasteiger partial charge in [-0.25, -0.2) is 0 Å². The van der Waals surface area contributed by atoms with Gasteiger partial charge in [0.1, 0.15) is 0 Å². The van der Waals surface area contributed by atoms with Crippen LogP contribution in [0.5, 0.6) is 17.2 Å². The summed E-state index contributed by atoms with van der Waals surface area (Å²) >= 11 is 0. The van der Waals surface area contributed by atoms with Crippen LogP contribution in [-0.4, -0.2) is 69.9 Å². The van der Waals surface area contributed by atoms with Gasteiger partial charge in [-0.1, -0.05) is 0 Å². The van der Waals surface area contributed by atoms with Crippen LogP contribution >= 0.6 is 0 Å². The van der Waals surface area contributed by atoms with Crippen LogP contribution in [0.2, 0.25) is 0 Å². The van der Waals surface area contributed by atoms with E-state index in [9.17, 15) is 9.59 Å². The molecule has 0 spiro atoms. The summed E-state index contributed by atoms with van der Waals surface area (Å²) in [7, 11) is 4.58. The zero-order chi connectivity index (χ0) is 20.4. The maximum Gasteiger partial charge on any atom is 0.228 e. The number of anilines is 1. The molecule has 0 saturated carbocycles. The molecular weight excluding hydrogens is 364 g/mol. The fourth-order valence-corrected chi connectivity index (χ4v) is 3.96. The lowest BCUT2D eigenvalue weighted by atomic mass is 10.1. The first-order chi connectivity index (χ1) is 13.4. The van der Waals surface area contributed by atoms with Gasteiger partial charge in [-0.2, -0.15) is 0 Å². The Morgan fingerprint density at radius 2 is 1.57 bits per heavy atom. The molecule has 2 aliphatic heterocycles. The maximum absolute atomic E-state index is 13.0. The fraction of sp³-hybridized carbons (Fsp3) is 0.600. The summed E-state index contributed by atoms with van der Waals surface area (Å²) in [6, 6.07) is 3.45. The van der Waals surface area contributed by atoms with Crippen LogP contribution in [0.1, 0.15) is 20.3 Å². The van der Waals surface area contributed by atoms with E-state index in [1.807, 2.05) is 18.7 Å². The smallest absolute Gasteiger partial charge is 0.228 e. The molecule has 2 aliphatic rings. The molecule has 2 heterocycles. The second kappa shape index (κ2) is 8.26. The van der Waals surface area contributed by atoms with Crippen molar-refractivity contribution in [3.8, 4) is 17.2 Å². The van der Waals surface area contributed by atoms with Crippen LogP contribution in [-0.2, 0) is 14.3 Å². The standard InChI is InChI=1S/C20H28N2O6/c1-12-9-21(10-13(2)28-12)20(24)14-6-18(23)22(11-14)15-7-16(25-3)19(27-5)17(8-15)26-4/h7-8,12-14H,6,9-11H2,1-5H3. The Balaban J connectivity index is 1.80. The number of hydrogen-bond donors (Lipinski definition) is 0. The number of benzene rings is 1. The lowest BCUT2D eigenvalue weighted by Crippen LogP contribution is -2.50. The van der Waals surface area contributed by atoms with E-state index in [-0.39, 0.29) is 36.4 Å². The van der Waals surface area contributed by atoms with Crippen molar-refractivity contribution in [2.24, 2.45) is 5.92 Å². The molecule has 2 saturated heterocycles. The fourth-order valence-electron chi connectivity index (χ4n) is 3.96. The lowest BCUT2D eigenvalue weighted by molar-refractivity contribution is -0.147. The minimum Gasteiger partial charge on any atom is -0.493 e. The molecule has 0 aromatic heterocycles. The van der Waals surface area contributed by atoms with E-state index < -0.39 is 0 Å². The Kier molecular flexibility index (Phi) is 5.98. The van der Waals surface area contributed by atoms with Gasteiger partial charge in [-0.3, -0.25) is 9.59 Å². The number of morpholine rings is 1. The highest BCUT2D eigenvalue weighted by Gasteiger charge is 2.39. The average Bonchev–Trinajstić information content (AvgIpc) is 3.06. The van der Waals surface area contributed by atoms with Crippen molar-refractivity contribution in [3.63, 3.8) is 0 Å². The SMILES string of the molecule is COc1cc(N2CC(C(=O)N3CC(C)OC(C)C3)CC2=O)cc(OC)c1OC. The number of hydrogen-bond acceptors (Lipinski definition) is 6. The average molecular weight is 392 g/mol. The van der Waals surface area contributed by atoms with Gasteiger partial charge in [0, 0.05) is 38.2 Å². The van der Waals surface area contributed by atoms with Gasteiger partial charge in [-0.15, -0.1) is 0 Å². The highest BCUT2D eigenvalue weighted by atomic mass is 16.5. The van der Waals surface area contributed by atoms with Crippen molar-refractivity contribution in [1.82, 2.24) is 4.90 Å². The number of amides is 2. The summed E-state index contributed by atoms with van der Waals surface area (Å²) in [6.07, 6.45) is 0.183. The molecule has 8 nitrogen and oxygen atoms in total. The van der Waals surface area contributed by atoms with E-state index in [1.54, 1.807) is 17.0 Å². The number of carbonyl (C=O) groups is 2. The quantitative estimate of drug-likeness (QED) is 0.759. The van der Waals surface area contributed by atoms with Crippen LogP contribution in [0.3, 0.4) is 0 Å². The van der Waals surface area contributed by atoms with Crippen LogP contribution < -0.4 is 19.1 Å². The molecule has 2 fully saturated rings. The normalized spacial score (nSPS) is 25.0. The van der Waals surface area contributed by atoms with Crippen molar-refractivity contribution in [2.75, 3.05) is 45.9 Å². The molecule has 0 radical (unpaired) electrons. The zero-order valence-electron chi connectivity index (χ0n) is 17.1. The Labute approximate surface area is 165 Å². The highest BCUT2D eigenvalue weighted by Crippen LogP contribution is 2.42. The molecule has 2 amide bonds. The minimum atomic E-state index is -0.371. The predicted molar refractivity (Wildman–Crippen MR) is 103 cm³/mol. The lowest BCUT2D eigenvalue weighted by Gasteiger charge is -2.36.